The normalized spacial score (nSPS) is 13.3. The SMILES string of the molecule is CCOC(=O)N1CCN(C(=O)Nc2nc(CC(=O)Nc3ccc(NC(C)=O)cc3)cs2)CC1. The number of nitrogens with zero attached hydrogens (tertiary/aromatic N) is 3. The maximum Gasteiger partial charge on any atom is 0.409 e. The van der Waals surface area contributed by atoms with Crippen LogP contribution in [0.25, 0.3) is 0 Å². The summed E-state index contributed by atoms with van der Waals surface area (Å²) in [5, 5.41) is 10.3. The molecule has 1 fully saturated rings. The summed E-state index contributed by atoms with van der Waals surface area (Å²) in [7, 11) is 0. The van der Waals surface area contributed by atoms with Crippen molar-refractivity contribution in [3.05, 3.63) is 35.3 Å². The number of urea groups is 1. The van der Waals surface area contributed by atoms with Gasteiger partial charge in [-0.2, -0.15) is 0 Å². The molecule has 0 unspecified atom stereocenters. The minimum Gasteiger partial charge on any atom is -0.450 e. The second-order valence-corrected chi connectivity index (χ2v) is 8.09. The number of benzene rings is 1. The number of anilines is 3. The first-order valence-electron chi connectivity index (χ1n) is 10.4. The number of carbonyl (C=O) groups is 4. The van der Waals surface area contributed by atoms with E-state index in [0.717, 1.165) is 0 Å². The van der Waals surface area contributed by atoms with Crippen LogP contribution in [0.3, 0.4) is 0 Å². The molecule has 1 aromatic carbocycles. The Bertz CT molecular complexity index is 1000. The molecule has 11 nitrogen and oxygen atoms in total. The lowest BCUT2D eigenvalue weighted by molar-refractivity contribution is -0.116. The molecule has 12 heteroatoms. The van der Waals surface area contributed by atoms with Crippen molar-refractivity contribution >= 4 is 51.8 Å². The summed E-state index contributed by atoms with van der Waals surface area (Å²) in [5.74, 6) is -0.419. The van der Waals surface area contributed by atoms with Crippen LogP contribution in [0.1, 0.15) is 19.5 Å². The molecule has 3 rings (SSSR count). The average molecular weight is 475 g/mol. The van der Waals surface area contributed by atoms with Gasteiger partial charge in [0.15, 0.2) is 5.13 Å². The van der Waals surface area contributed by atoms with E-state index in [1.54, 1.807) is 46.4 Å². The van der Waals surface area contributed by atoms with Gasteiger partial charge >= 0.3 is 12.1 Å². The monoisotopic (exact) mass is 474 g/mol. The number of carbonyl (C=O) groups excluding carboxylic acids is 4. The Morgan fingerprint density at radius 1 is 0.970 bits per heavy atom. The van der Waals surface area contributed by atoms with Crippen LogP contribution in [0, 0.1) is 0 Å². The van der Waals surface area contributed by atoms with E-state index < -0.39 is 0 Å². The van der Waals surface area contributed by atoms with Gasteiger partial charge in [0.05, 0.1) is 18.7 Å². The van der Waals surface area contributed by atoms with Crippen molar-refractivity contribution in [1.29, 1.82) is 0 Å². The summed E-state index contributed by atoms with van der Waals surface area (Å²) in [6, 6.07) is 6.47. The van der Waals surface area contributed by atoms with E-state index in [2.05, 4.69) is 20.9 Å². The standard InChI is InChI=1S/C21H26N6O5S/c1-3-32-21(31)27-10-8-26(9-11-27)20(30)25-19-24-17(13-33-19)12-18(29)23-16-6-4-15(5-7-16)22-14(2)28/h4-7,13H,3,8-12H2,1-2H3,(H,22,28)(H,23,29)(H,24,25,30). The van der Waals surface area contributed by atoms with Gasteiger partial charge in [-0.3, -0.25) is 14.9 Å². The highest BCUT2D eigenvalue weighted by molar-refractivity contribution is 7.13. The molecule has 0 spiro atoms. The number of aromatic nitrogens is 1. The first-order chi connectivity index (χ1) is 15.8. The van der Waals surface area contributed by atoms with Gasteiger partial charge in [-0.05, 0) is 31.2 Å². The molecule has 0 radical (unpaired) electrons. The predicted molar refractivity (Wildman–Crippen MR) is 124 cm³/mol. The minimum atomic E-state index is -0.371. The summed E-state index contributed by atoms with van der Waals surface area (Å²) in [5.41, 5.74) is 1.78. The molecular weight excluding hydrogens is 448 g/mol. The first-order valence-corrected chi connectivity index (χ1v) is 11.3. The third-order valence-electron chi connectivity index (χ3n) is 4.69. The highest BCUT2D eigenvalue weighted by Crippen LogP contribution is 2.18. The second kappa shape index (κ2) is 11.3. The van der Waals surface area contributed by atoms with Crippen molar-refractivity contribution in [2.75, 3.05) is 48.7 Å². The van der Waals surface area contributed by atoms with E-state index >= 15 is 0 Å². The van der Waals surface area contributed by atoms with Gasteiger partial charge in [0, 0.05) is 49.9 Å². The number of hydrogen-bond acceptors (Lipinski definition) is 7. The molecule has 176 valence electrons. The maximum atomic E-state index is 12.5. The Hall–Kier alpha value is -3.67. The second-order valence-electron chi connectivity index (χ2n) is 7.23. The molecule has 2 aromatic rings. The smallest absolute Gasteiger partial charge is 0.409 e. The lowest BCUT2D eigenvalue weighted by Gasteiger charge is -2.33. The zero-order chi connectivity index (χ0) is 23.8. The lowest BCUT2D eigenvalue weighted by Crippen LogP contribution is -2.51. The summed E-state index contributed by atoms with van der Waals surface area (Å²) in [6.07, 6.45) is -0.318. The molecule has 33 heavy (non-hydrogen) atoms. The molecule has 5 amide bonds. The molecule has 1 aliphatic rings. The quantitative estimate of drug-likeness (QED) is 0.589. The molecule has 0 bridgehead atoms. The Balaban J connectivity index is 1.45. The topological polar surface area (TPSA) is 133 Å². The van der Waals surface area contributed by atoms with Gasteiger partial charge in [-0.25, -0.2) is 14.6 Å². The maximum absolute atomic E-state index is 12.5. The summed E-state index contributed by atoms with van der Waals surface area (Å²) in [6.45, 7) is 5.09. The van der Waals surface area contributed by atoms with Crippen LogP contribution in [0.4, 0.5) is 26.1 Å². The number of nitrogens with one attached hydrogen (secondary N) is 3. The molecule has 0 aliphatic carbocycles. The number of ether oxygens (including phenoxy) is 1. The van der Waals surface area contributed by atoms with Gasteiger partial charge in [0.1, 0.15) is 0 Å². The summed E-state index contributed by atoms with van der Waals surface area (Å²) >= 11 is 1.24. The van der Waals surface area contributed by atoms with E-state index in [0.29, 0.717) is 55.0 Å². The fourth-order valence-electron chi connectivity index (χ4n) is 3.13. The van der Waals surface area contributed by atoms with Crippen molar-refractivity contribution in [2.45, 2.75) is 20.3 Å². The van der Waals surface area contributed by atoms with Crippen LogP contribution in [-0.2, 0) is 20.7 Å². The number of rotatable bonds is 6. The fraction of sp³-hybridized carbons (Fsp3) is 0.381. The van der Waals surface area contributed by atoms with Crippen LogP contribution >= 0.6 is 11.3 Å². The molecule has 1 aliphatic heterocycles. The van der Waals surface area contributed by atoms with Crippen molar-refractivity contribution in [2.24, 2.45) is 0 Å². The Morgan fingerprint density at radius 2 is 1.58 bits per heavy atom. The molecule has 1 aromatic heterocycles. The Morgan fingerprint density at radius 3 is 2.18 bits per heavy atom. The Labute approximate surface area is 195 Å². The van der Waals surface area contributed by atoms with Crippen LogP contribution < -0.4 is 16.0 Å². The molecule has 2 heterocycles. The van der Waals surface area contributed by atoms with Gasteiger partial charge in [-0.1, -0.05) is 0 Å². The predicted octanol–water partition coefficient (Wildman–Crippen LogP) is 2.59. The zero-order valence-electron chi connectivity index (χ0n) is 18.4. The summed E-state index contributed by atoms with van der Waals surface area (Å²) in [4.78, 5) is 55.1. The molecule has 1 saturated heterocycles. The number of hydrogen-bond donors (Lipinski definition) is 3. The average Bonchev–Trinajstić information content (AvgIpc) is 3.21. The lowest BCUT2D eigenvalue weighted by atomic mass is 10.2. The van der Waals surface area contributed by atoms with Crippen molar-refractivity contribution in [3.63, 3.8) is 0 Å². The number of piperazine rings is 1. The summed E-state index contributed by atoms with van der Waals surface area (Å²) < 4.78 is 4.98. The Kier molecular flexibility index (Phi) is 8.19. The van der Waals surface area contributed by atoms with Crippen LogP contribution in [0.5, 0.6) is 0 Å². The van der Waals surface area contributed by atoms with E-state index in [1.165, 1.54) is 18.3 Å². The van der Waals surface area contributed by atoms with E-state index in [-0.39, 0.29) is 30.4 Å². The molecular formula is C21H26N6O5S. The van der Waals surface area contributed by atoms with Crippen LogP contribution in [0.2, 0.25) is 0 Å². The van der Waals surface area contributed by atoms with Crippen LogP contribution in [0.15, 0.2) is 29.6 Å². The third-order valence-corrected chi connectivity index (χ3v) is 5.50. The van der Waals surface area contributed by atoms with Crippen molar-refractivity contribution in [1.82, 2.24) is 14.8 Å². The highest BCUT2D eigenvalue weighted by Gasteiger charge is 2.25. The van der Waals surface area contributed by atoms with Gasteiger partial charge in [0.25, 0.3) is 0 Å². The number of amides is 5. The van der Waals surface area contributed by atoms with Crippen molar-refractivity contribution in [3.8, 4) is 0 Å². The zero-order valence-corrected chi connectivity index (χ0v) is 19.2. The molecule has 0 atom stereocenters. The molecule has 3 N–H and O–H groups in total. The van der Waals surface area contributed by atoms with Gasteiger partial charge in [-0.15, -0.1) is 11.3 Å². The van der Waals surface area contributed by atoms with E-state index in [1.807, 2.05) is 0 Å². The van der Waals surface area contributed by atoms with Crippen LogP contribution in [-0.4, -0.2) is 71.5 Å². The molecule has 0 saturated carbocycles. The van der Waals surface area contributed by atoms with E-state index in [4.69, 9.17) is 4.74 Å². The minimum absolute atomic E-state index is 0.0536. The van der Waals surface area contributed by atoms with Gasteiger partial charge < -0.3 is 25.2 Å². The first kappa shape index (κ1) is 24.0. The highest BCUT2D eigenvalue weighted by atomic mass is 32.1. The van der Waals surface area contributed by atoms with Gasteiger partial charge in [0.2, 0.25) is 11.8 Å². The van der Waals surface area contributed by atoms with E-state index in [9.17, 15) is 19.2 Å². The fourth-order valence-corrected chi connectivity index (χ4v) is 3.83. The van der Waals surface area contributed by atoms with Crippen molar-refractivity contribution < 1.29 is 23.9 Å². The third kappa shape index (κ3) is 7.17. The largest absolute Gasteiger partial charge is 0.450 e. The number of thiazole rings is 1.